The van der Waals surface area contributed by atoms with E-state index in [2.05, 4.69) is 18.3 Å². The SMILES string of the molecule is CCCC[N]C(C)C#N. The van der Waals surface area contributed by atoms with Crippen molar-refractivity contribution >= 4 is 0 Å². The van der Waals surface area contributed by atoms with Gasteiger partial charge in [0, 0.05) is 6.54 Å². The Morgan fingerprint density at radius 3 is 2.78 bits per heavy atom. The summed E-state index contributed by atoms with van der Waals surface area (Å²) in [4.78, 5) is 0. The molecule has 0 aliphatic heterocycles. The van der Waals surface area contributed by atoms with Gasteiger partial charge >= 0.3 is 0 Å². The smallest absolute Gasteiger partial charge is 0.108 e. The predicted octanol–water partition coefficient (Wildman–Crippen LogP) is 1.30. The molecule has 0 aliphatic rings. The van der Waals surface area contributed by atoms with Gasteiger partial charge in [-0.15, -0.1) is 0 Å². The van der Waals surface area contributed by atoms with Crippen LogP contribution in [0.4, 0.5) is 0 Å². The number of rotatable bonds is 4. The number of hydrogen-bond donors (Lipinski definition) is 0. The van der Waals surface area contributed by atoms with Crippen molar-refractivity contribution in [2.24, 2.45) is 0 Å². The van der Waals surface area contributed by atoms with Gasteiger partial charge in [-0.05, 0) is 13.3 Å². The van der Waals surface area contributed by atoms with Crippen LogP contribution < -0.4 is 5.32 Å². The fourth-order valence-electron chi connectivity index (χ4n) is 0.484. The molecule has 0 bridgehead atoms. The summed E-state index contributed by atoms with van der Waals surface area (Å²) in [6.07, 6.45) is 2.26. The topological polar surface area (TPSA) is 37.9 Å². The number of unbranched alkanes of at least 4 members (excludes halogenated alkanes) is 1. The average molecular weight is 125 g/mol. The Balaban J connectivity index is 2.99. The van der Waals surface area contributed by atoms with Gasteiger partial charge in [-0.25, -0.2) is 5.32 Å². The molecule has 0 spiro atoms. The lowest BCUT2D eigenvalue weighted by Gasteiger charge is -1.99. The average Bonchev–Trinajstić information content (AvgIpc) is 1.89. The summed E-state index contributed by atoms with van der Waals surface area (Å²) < 4.78 is 0. The zero-order valence-corrected chi connectivity index (χ0v) is 6.09. The summed E-state index contributed by atoms with van der Waals surface area (Å²) in [5.41, 5.74) is 0. The van der Waals surface area contributed by atoms with Gasteiger partial charge in [0.1, 0.15) is 6.04 Å². The van der Waals surface area contributed by atoms with E-state index in [0.717, 1.165) is 19.4 Å². The lowest BCUT2D eigenvalue weighted by Crippen LogP contribution is -2.16. The molecule has 0 amide bonds. The third-order valence-corrected chi connectivity index (χ3v) is 1.10. The van der Waals surface area contributed by atoms with Gasteiger partial charge in [-0.3, -0.25) is 0 Å². The molecule has 9 heavy (non-hydrogen) atoms. The molecule has 0 heterocycles. The minimum atomic E-state index is -0.114. The van der Waals surface area contributed by atoms with Crippen LogP contribution in [0.2, 0.25) is 0 Å². The molecule has 0 aliphatic carbocycles. The maximum Gasteiger partial charge on any atom is 0.108 e. The summed E-state index contributed by atoms with van der Waals surface area (Å²) in [6, 6.07) is 1.94. The highest BCUT2D eigenvalue weighted by atomic mass is 14.9. The van der Waals surface area contributed by atoms with Gasteiger partial charge in [0.15, 0.2) is 0 Å². The van der Waals surface area contributed by atoms with Crippen molar-refractivity contribution in [2.45, 2.75) is 32.7 Å². The van der Waals surface area contributed by atoms with E-state index in [0.29, 0.717) is 0 Å². The van der Waals surface area contributed by atoms with Crippen LogP contribution in [0.5, 0.6) is 0 Å². The van der Waals surface area contributed by atoms with Crippen LogP contribution >= 0.6 is 0 Å². The monoisotopic (exact) mass is 125 g/mol. The molecule has 0 fully saturated rings. The molecule has 1 radical (unpaired) electrons. The van der Waals surface area contributed by atoms with Crippen molar-refractivity contribution in [3.63, 3.8) is 0 Å². The fourth-order valence-corrected chi connectivity index (χ4v) is 0.484. The number of nitrogens with zero attached hydrogens (tertiary/aromatic N) is 2. The third kappa shape index (κ3) is 5.32. The highest BCUT2D eigenvalue weighted by molar-refractivity contribution is 4.84. The molecule has 2 heteroatoms. The Bertz CT molecular complexity index is 93.6. The minimum absolute atomic E-state index is 0.114. The fraction of sp³-hybridized carbons (Fsp3) is 0.857. The second-order valence-corrected chi connectivity index (χ2v) is 2.06. The van der Waals surface area contributed by atoms with Crippen LogP contribution in [0, 0.1) is 11.3 Å². The van der Waals surface area contributed by atoms with Crippen LogP contribution in [0.3, 0.4) is 0 Å². The Morgan fingerprint density at radius 2 is 2.33 bits per heavy atom. The van der Waals surface area contributed by atoms with Crippen molar-refractivity contribution in [3.05, 3.63) is 0 Å². The molecule has 0 saturated carbocycles. The van der Waals surface area contributed by atoms with E-state index >= 15 is 0 Å². The molecule has 0 saturated heterocycles. The number of nitriles is 1. The highest BCUT2D eigenvalue weighted by Crippen LogP contribution is 1.86. The highest BCUT2D eigenvalue weighted by Gasteiger charge is 1.95. The predicted molar refractivity (Wildman–Crippen MR) is 37.0 cm³/mol. The van der Waals surface area contributed by atoms with Crippen molar-refractivity contribution in [3.8, 4) is 6.07 Å². The standard InChI is InChI=1S/C7H13N2/c1-3-4-5-9-7(2)6-8/h7H,3-5H2,1-2H3. The molecular formula is C7H13N2. The normalized spacial score (nSPS) is 12.6. The van der Waals surface area contributed by atoms with E-state index in [1.165, 1.54) is 0 Å². The third-order valence-electron chi connectivity index (χ3n) is 1.10. The minimum Gasteiger partial charge on any atom is -0.224 e. The van der Waals surface area contributed by atoms with E-state index in [1.807, 2.05) is 6.92 Å². The zero-order chi connectivity index (χ0) is 7.11. The number of hydrogen-bond acceptors (Lipinski definition) is 1. The van der Waals surface area contributed by atoms with Crippen LogP contribution in [0.25, 0.3) is 0 Å². The largest absolute Gasteiger partial charge is 0.224 e. The second-order valence-electron chi connectivity index (χ2n) is 2.06. The summed E-state index contributed by atoms with van der Waals surface area (Å²) in [6.45, 7) is 4.77. The quantitative estimate of drug-likeness (QED) is 0.522. The van der Waals surface area contributed by atoms with E-state index in [4.69, 9.17) is 5.26 Å². The van der Waals surface area contributed by atoms with Crippen molar-refractivity contribution in [2.75, 3.05) is 6.54 Å². The second kappa shape index (κ2) is 5.58. The lowest BCUT2D eigenvalue weighted by atomic mass is 10.3. The first-order chi connectivity index (χ1) is 4.31. The maximum atomic E-state index is 8.29. The van der Waals surface area contributed by atoms with Crippen molar-refractivity contribution in [1.82, 2.24) is 5.32 Å². The van der Waals surface area contributed by atoms with E-state index in [1.54, 1.807) is 0 Å². The molecule has 0 aromatic rings. The van der Waals surface area contributed by atoms with Crippen molar-refractivity contribution < 1.29 is 0 Å². The molecule has 0 rings (SSSR count). The Hall–Kier alpha value is -0.550. The molecule has 1 atom stereocenters. The Kier molecular flexibility index (Phi) is 5.24. The van der Waals surface area contributed by atoms with Gasteiger partial charge in [-0.2, -0.15) is 5.26 Å². The van der Waals surface area contributed by atoms with E-state index in [-0.39, 0.29) is 6.04 Å². The molecule has 0 aromatic carbocycles. The lowest BCUT2D eigenvalue weighted by molar-refractivity contribution is 0.595. The summed E-state index contributed by atoms with van der Waals surface area (Å²) in [7, 11) is 0. The van der Waals surface area contributed by atoms with Gasteiger partial charge in [0.05, 0.1) is 6.07 Å². The van der Waals surface area contributed by atoms with Crippen LogP contribution in [0.15, 0.2) is 0 Å². The molecule has 0 aromatic heterocycles. The van der Waals surface area contributed by atoms with Gasteiger partial charge in [0.25, 0.3) is 0 Å². The first-order valence-electron chi connectivity index (χ1n) is 3.37. The summed E-state index contributed by atoms with van der Waals surface area (Å²) in [5, 5.41) is 12.4. The summed E-state index contributed by atoms with van der Waals surface area (Å²) in [5.74, 6) is 0. The zero-order valence-electron chi connectivity index (χ0n) is 6.09. The van der Waals surface area contributed by atoms with Crippen LogP contribution in [0.1, 0.15) is 26.7 Å². The van der Waals surface area contributed by atoms with E-state index < -0.39 is 0 Å². The van der Waals surface area contributed by atoms with Crippen LogP contribution in [-0.2, 0) is 0 Å². The molecule has 1 unspecified atom stereocenters. The van der Waals surface area contributed by atoms with Gasteiger partial charge in [0.2, 0.25) is 0 Å². The summed E-state index contributed by atoms with van der Waals surface area (Å²) >= 11 is 0. The van der Waals surface area contributed by atoms with Crippen LogP contribution in [-0.4, -0.2) is 12.6 Å². The Morgan fingerprint density at radius 1 is 1.67 bits per heavy atom. The molecule has 2 nitrogen and oxygen atoms in total. The van der Waals surface area contributed by atoms with E-state index in [9.17, 15) is 0 Å². The molecule has 0 N–H and O–H groups in total. The molecule has 51 valence electrons. The first kappa shape index (κ1) is 8.45. The Labute approximate surface area is 56.9 Å². The van der Waals surface area contributed by atoms with Gasteiger partial charge < -0.3 is 0 Å². The first-order valence-corrected chi connectivity index (χ1v) is 3.37. The maximum absolute atomic E-state index is 8.29. The molecular weight excluding hydrogens is 112 g/mol. The van der Waals surface area contributed by atoms with Gasteiger partial charge in [-0.1, -0.05) is 13.3 Å². The van der Waals surface area contributed by atoms with Crippen molar-refractivity contribution in [1.29, 1.82) is 5.26 Å².